The van der Waals surface area contributed by atoms with E-state index in [1.54, 1.807) is 4.90 Å². The molecule has 13 heavy (non-hydrogen) atoms. The van der Waals surface area contributed by atoms with Gasteiger partial charge in [0.15, 0.2) is 0 Å². The van der Waals surface area contributed by atoms with Gasteiger partial charge in [-0.15, -0.1) is 0 Å². The molecule has 0 saturated carbocycles. The van der Waals surface area contributed by atoms with Crippen LogP contribution in [0, 0.1) is 0 Å². The molecule has 0 bridgehead atoms. The molecule has 2 atom stereocenters. The van der Waals surface area contributed by atoms with Gasteiger partial charge in [-0.25, -0.2) is 0 Å². The zero-order valence-corrected chi connectivity index (χ0v) is 10.0. The van der Waals surface area contributed by atoms with Crippen molar-refractivity contribution in [1.29, 1.82) is 0 Å². The molecule has 1 aliphatic rings. The van der Waals surface area contributed by atoms with Gasteiger partial charge in [-0.1, -0.05) is 13.8 Å². The fourth-order valence-electron chi connectivity index (χ4n) is 2.86. The lowest BCUT2D eigenvalue weighted by Gasteiger charge is -2.50. The van der Waals surface area contributed by atoms with E-state index in [0.717, 1.165) is 0 Å². The maximum atomic E-state index is 2.45. The number of likely N-dealkylation sites (tertiary alicyclic amines) is 1. The summed E-state index contributed by atoms with van der Waals surface area (Å²) in [5.74, 6) is 0. The number of piperidine rings is 1. The van der Waals surface area contributed by atoms with Crippen LogP contribution in [0.2, 0.25) is 0 Å². The Bertz CT molecular complexity index is 160. The van der Waals surface area contributed by atoms with E-state index in [2.05, 4.69) is 34.7 Å². The van der Waals surface area contributed by atoms with Gasteiger partial charge in [0, 0.05) is 12.8 Å². The number of nitrogens with one attached hydrogen (secondary N) is 1. The zero-order chi connectivity index (χ0) is 10.1. The van der Waals surface area contributed by atoms with Crippen LogP contribution in [0.5, 0.6) is 0 Å². The molecule has 0 aromatic rings. The highest BCUT2D eigenvalue weighted by Crippen LogP contribution is 2.27. The highest BCUT2D eigenvalue weighted by atomic mass is 15.2. The lowest BCUT2D eigenvalue weighted by molar-refractivity contribution is -0.987. The summed E-state index contributed by atoms with van der Waals surface area (Å²) >= 11 is 0. The molecule has 78 valence electrons. The van der Waals surface area contributed by atoms with Crippen LogP contribution in [0.4, 0.5) is 0 Å². The molecule has 1 fully saturated rings. The monoisotopic (exact) mass is 184 g/mol. The van der Waals surface area contributed by atoms with Gasteiger partial charge in [0.2, 0.25) is 0 Å². The van der Waals surface area contributed by atoms with Crippen LogP contribution in [0.3, 0.4) is 0 Å². The third-order valence-electron chi connectivity index (χ3n) is 4.83. The first-order valence-corrected chi connectivity index (χ1v) is 5.83. The predicted molar refractivity (Wildman–Crippen MR) is 58.1 cm³/mol. The first-order valence-electron chi connectivity index (χ1n) is 5.83. The molecule has 0 aromatic carbocycles. The van der Waals surface area contributed by atoms with Crippen LogP contribution in [0.15, 0.2) is 0 Å². The molecular formula is C12H26N+. The van der Waals surface area contributed by atoms with Gasteiger partial charge >= 0.3 is 0 Å². The Kier molecular flexibility index (Phi) is 3.06. The maximum Gasteiger partial charge on any atom is 0.0947 e. The second kappa shape index (κ2) is 3.61. The second-order valence-electron chi connectivity index (χ2n) is 5.31. The first kappa shape index (κ1) is 11.0. The quantitative estimate of drug-likeness (QED) is 0.670. The molecule has 0 aliphatic carbocycles. The fraction of sp³-hybridized carbons (Fsp3) is 1.00. The Morgan fingerprint density at radius 3 is 1.69 bits per heavy atom. The molecule has 1 nitrogen and oxygen atoms in total. The van der Waals surface area contributed by atoms with Crippen molar-refractivity contribution in [1.82, 2.24) is 0 Å². The minimum absolute atomic E-state index is 0.531. The molecular weight excluding hydrogens is 158 g/mol. The van der Waals surface area contributed by atoms with E-state index >= 15 is 0 Å². The summed E-state index contributed by atoms with van der Waals surface area (Å²) in [6.07, 6.45) is 6.87. The average molecular weight is 184 g/mol. The lowest BCUT2D eigenvalue weighted by atomic mass is 9.76. The third-order valence-corrected chi connectivity index (χ3v) is 4.83. The van der Waals surface area contributed by atoms with Crippen LogP contribution in [-0.4, -0.2) is 18.1 Å². The van der Waals surface area contributed by atoms with Crippen LogP contribution >= 0.6 is 0 Å². The summed E-state index contributed by atoms with van der Waals surface area (Å²) in [7, 11) is 2.40. The molecule has 1 heteroatoms. The van der Waals surface area contributed by atoms with E-state index < -0.39 is 0 Å². The Morgan fingerprint density at radius 1 is 1.00 bits per heavy atom. The lowest BCUT2D eigenvalue weighted by Crippen LogP contribution is -3.25. The van der Waals surface area contributed by atoms with Gasteiger partial charge in [-0.2, -0.15) is 0 Å². The molecule has 0 radical (unpaired) electrons. The summed E-state index contributed by atoms with van der Waals surface area (Å²) in [6.45, 7) is 9.58. The Labute approximate surface area is 83.5 Å². The van der Waals surface area contributed by atoms with Crippen LogP contribution in [-0.2, 0) is 0 Å². The summed E-state index contributed by atoms with van der Waals surface area (Å²) in [5, 5.41) is 0. The average Bonchev–Trinajstić information content (AvgIpc) is 2.14. The first-order chi connectivity index (χ1) is 5.98. The Morgan fingerprint density at radius 2 is 1.38 bits per heavy atom. The van der Waals surface area contributed by atoms with E-state index in [0.29, 0.717) is 11.1 Å². The van der Waals surface area contributed by atoms with Gasteiger partial charge in [0.1, 0.15) is 0 Å². The highest BCUT2D eigenvalue weighted by molar-refractivity contribution is 4.84. The van der Waals surface area contributed by atoms with Gasteiger partial charge < -0.3 is 4.90 Å². The maximum absolute atomic E-state index is 2.45. The van der Waals surface area contributed by atoms with Crippen LogP contribution in [0.25, 0.3) is 0 Å². The summed E-state index contributed by atoms with van der Waals surface area (Å²) < 4.78 is 0. The number of rotatable bonds is 2. The number of quaternary nitrogens is 1. The SMILES string of the molecule is CCC1(C)CCCC(C)(CC)[NH+]1C. The minimum atomic E-state index is 0.531. The molecule has 2 unspecified atom stereocenters. The molecule has 1 N–H and O–H groups in total. The van der Waals surface area contributed by atoms with Crippen molar-refractivity contribution in [2.75, 3.05) is 7.05 Å². The molecule has 1 saturated heterocycles. The van der Waals surface area contributed by atoms with Gasteiger partial charge in [-0.3, -0.25) is 0 Å². The van der Waals surface area contributed by atoms with Crippen LogP contribution in [0.1, 0.15) is 59.8 Å². The minimum Gasteiger partial charge on any atom is -0.328 e. The second-order valence-corrected chi connectivity index (χ2v) is 5.31. The van der Waals surface area contributed by atoms with Crippen molar-refractivity contribution in [3.8, 4) is 0 Å². The molecule has 0 spiro atoms. The van der Waals surface area contributed by atoms with Crippen molar-refractivity contribution in [3.05, 3.63) is 0 Å². The highest BCUT2D eigenvalue weighted by Gasteiger charge is 2.45. The zero-order valence-electron chi connectivity index (χ0n) is 10.0. The van der Waals surface area contributed by atoms with Gasteiger partial charge in [0.05, 0.1) is 18.1 Å². The van der Waals surface area contributed by atoms with E-state index in [-0.39, 0.29) is 0 Å². The largest absolute Gasteiger partial charge is 0.328 e. The van der Waals surface area contributed by atoms with Crippen LogP contribution < -0.4 is 4.90 Å². The van der Waals surface area contributed by atoms with Gasteiger partial charge in [0.25, 0.3) is 0 Å². The van der Waals surface area contributed by atoms with Crippen molar-refractivity contribution in [2.24, 2.45) is 0 Å². The topological polar surface area (TPSA) is 4.44 Å². The molecule has 1 aliphatic heterocycles. The predicted octanol–water partition coefficient (Wildman–Crippen LogP) is 2.02. The smallest absolute Gasteiger partial charge is 0.0947 e. The summed E-state index contributed by atoms with van der Waals surface area (Å²) in [4.78, 5) is 1.76. The number of hydrogen-bond donors (Lipinski definition) is 1. The number of hydrogen-bond acceptors (Lipinski definition) is 0. The molecule has 0 aromatic heterocycles. The molecule has 1 rings (SSSR count). The summed E-state index contributed by atoms with van der Waals surface area (Å²) in [6, 6.07) is 0. The standard InChI is InChI=1S/C12H25N/c1-6-11(3)9-8-10-12(4,7-2)13(11)5/h6-10H2,1-5H3/p+1. The normalized spacial score (nSPS) is 46.4. The Hall–Kier alpha value is -0.0400. The Balaban J connectivity index is 2.83. The molecule has 0 amide bonds. The van der Waals surface area contributed by atoms with E-state index in [9.17, 15) is 0 Å². The van der Waals surface area contributed by atoms with Gasteiger partial charge in [-0.05, 0) is 33.1 Å². The third kappa shape index (κ3) is 1.76. The molecule has 1 heterocycles. The van der Waals surface area contributed by atoms with Crippen molar-refractivity contribution < 1.29 is 4.90 Å². The van der Waals surface area contributed by atoms with Crippen molar-refractivity contribution in [2.45, 2.75) is 70.9 Å². The van der Waals surface area contributed by atoms with Crippen molar-refractivity contribution in [3.63, 3.8) is 0 Å². The van der Waals surface area contributed by atoms with Crippen molar-refractivity contribution >= 4 is 0 Å². The summed E-state index contributed by atoms with van der Waals surface area (Å²) in [5.41, 5.74) is 1.06. The fourth-order valence-corrected chi connectivity index (χ4v) is 2.86. The van der Waals surface area contributed by atoms with E-state index in [4.69, 9.17) is 0 Å². The van der Waals surface area contributed by atoms with E-state index in [1.807, 2.05) is 0 Å². The van der Waals surface area contributed by atoms with E-state index in [1.165, 1.54) is 32.1 Å².